The molecule has 0 aliphatic rings. The molecule has 1 aromatic carbocycles. The summed E-state index contributed by atoms with van der Waals surface area (Å²) in [6, 6.07) is 3.11. The van der Waals surface area contributed by atoms with E-state index in [0.717, 1.165) is 23.9 Å². The first kappa shape index (κ1) is 17.6. The zero-order valence-electron chi connectivity index (χ0n) is 11.7. The van der Waals surface area contributed by atoms with Crippen LogP contribution in [0, 0.1) is 0 Å². The van der Waals surface area contributed by atoms with Gasteiger partial charge in [-0.05, 0) is 25.1 Å². The summed E-state index contributed by atoms with van der Waals surface area (Å²) >= 11 is 1.11. The number of hydrogen-bond acceptors (Lipinski definition) is 4. The molecule has 0 saturated heterocycles. The number of methoxy groups -OCH3 is 1. The number of benzene rings is 1. The third-order valence-corrected chi connectivity index (χ3v) is 3.81. The summed E-state index contributed by atoms with van der Waals surface area (Å²) in [7, 11) is 1.52. The van der Waals surface area contributed by atoms with E-state index in [-0.39, 0.29) is 11.6 Å². The van der Waals surface area contributed by atoms with Crippen LogP contribution in [-0.4, -0.2) is 31.4 Å². The van der Waals surface area contributed by atoms with Gasteiger partial charge in [-0.15, -0.1) is 11.8 Å². The molecule has 1 aromatic rings. The van der Waals surface area contributed by atoms with Crippen molar-refractivity contribution in [3.05, 3.63) is 23.8 Å². The fourth-order valence-corrected chi connectivity index (χ4v) is 2.41. The lowest BCUT2D eigenvalue weighted by atomic mass is 10.2. The number of thioether (sulfide) groups is 1. The number of alkyl halides is 3. The molecule has 1 unspecified atom stereocenters. The molecule has 0 fully saturated rings. The fourth-order valence-electron chi connectivity index (χ4n) is 1.50. The van der Waals surface area contributed by atoms with E-state index < -0.39 is 17.0 Å². The van der Waals surface area contributed by atoms with E-state index in [2.05, 4.69) is 5.32 Å². The molecule has 0 aliphatic carbocycles. The molecular formula is C13H17F3N2O2S. The molecule has 1 amide bonds. The van der Waals surface area contributed by atoms with E-state index in [0.29, 0.717) is 18.0 Å². The number of amides is 1. The maximum atomic E-state index is 12.5. The number of rotatable bonds is 6. The molecule has 0 spiro atoms. The van der Waals surface area contributed by atoms with Gasteiger partial charge in [0.1, 0.15) is 0 Å². The first-order valence-electron chi connectivity index (χ1n) is 6.15. The van der Waals surface area contributed by atoms with Crippen LogP contribution in [0.1, 0.15) is 12.5 Å². The van der Waals surface area contributed by atoms with Crippen LogP contribution in [0.25, 0.3) is 0 Å². The predicted molar refractivity (Wildman–Crippen MR) is 76.1 cm³/mol. The molecule has 0 aliphatic heterocycles. The van der Waals surface area contributed by atoms with Crippen LogP contribution in [-0.2, 0) is 15.7 Å². The first-order valence-corrected chi connectivity index (χ1v) is 7.03. The first-order chi connectivity index (χ1) is 9.75. The molecule has 0 heterocycles. The van der Waals surface area contributed by atoms with Crippen molar-refractivity contribution in [3.63, 3.8) is 0 Å². The zero-order chi connectivity index (χ0) is 16.0. The summed E-state index contributed by atoms with van der Waals surface area (Å²) in [6.45, 7) is 2.43. The van der Waals surface area contributed by atoms with Crippen molar-refractivity contribution >= 4 is 23.4 Å². The minimum absolute atomic E-state index is 0.00589. The van der Waals surface area contributed by atoms with Crippen LogP contribution in [0.15, 0.2) is 23.1 Å². The lowest BCUT2D eigenvalue weighted by Gasteiger charge is -2.14. The lowest BCUT2D eigenvalue weighted by Crippen LogP contribution is -2.33. The van der Waals surface area contributed by atoms with Crippen molar-refractivity contribution in [1.82, 2.24) is 5.32 Å². The normalized spacial score (nSPS) is 13.0. The SMILES string of the molecule is COCCNC(=O)C(C)Sc1ccc(C(F)(F)F)cc1N. The van der Waals surface area contributed by atoms with Gasteiger partial charge in [0.05, 0.1) is 17.4 Å². The van der Waals surface area contributed by atoms with Gasteiger partial charge in [0.2, 0.25) is 5.91 Å². The van der Waals surface area contributed by atoms with Gasteiger partial charge in [-0.2, -0.15) is 13.2 Å². The number of nitrogen functional groups attached to an aromatic ring is 1. The highest BCUT2D eigenvalue weighted by atomic mass is 32.2. The largest absolute Gasteiger partial charge is 0.416 e. The van der Waals surface area contributed by atoms with E-state index in [1.54, 1.807) is 6.92 Å². The molecule has 1 rings (SSSR count). The number of ether oxygens (including phenoxy) is 1. The Morgan fingerprint density at radius 3 is 2.67 bits per heavy atom. The Morgan fingerprint density at radius 1 is 1.48 bits per heavy atom. The number of halogens is 3. The van der Waals surface area contributed by atoms with Gasteiger partial charge in [-0.1, -0.05) is 0 Å². The van der Waals surface area contributed by atoms with Crippen LogP contribution < -0.4 is 11.1 Å². The maximum Gasteiger partial charge on any atom is 0.416 e. The van der Waals surface area contributed by atoms with Gasteiger partial charge < -0.3 is 15.8 Å². The summed E-state index contributed by atoms with van der Waals surface area (Å²) in [5.74, 6) is -0.226. The van der Waals surface area contributed by atoms with Gasteiger partial charge in [0.25, 0.3) is 0 Å². The Morgan fingerprint density at radius 2 is 2.14 bits per heavy atom. The van der Waals surface area contributed by atoms with Gasteiger partial charge in [0.15, 0.2) is 0 Å². The fraction of sp³-hybridized carbons (Fsp3) is 0.462. The van der Waals surface area contributed by atoms with Gasteiger partial charge in [-0.25, -0.2) is 0 Å². The third kappa shape index (κ3) is 5.47. The molecule has 1 atom stereocenters. The summed E-state index contributed by atoms with van der Waals surface area (Å²) in [6.07, 6.45) is -4.43. The van der Waals surface area contributed by atoms with Crippen LogP contribution in [0.3, 0.4) is 0 Å². The molecule has 0 bridgehead atoms. The standard InChI is InChI=1S/C13H17F3N2O2S/c1-8(12(19)18-5-6-20-2)21-11-4-3-9(7-10(11)17)13(14,15)16/h3-4,7-8H,5-6,17H2,1-2H3,(H,18,19). The number of carbonyl (C=O) groups is 1. The Balaban J connectivity index is 2.68. The monoisotopic (exact) mass is 322 g/mol. The highest BCUT2D eigenvalue weighted by molar-refractivity contribution is 8.00. The Hall–Kier alpha value is -1.41. The average Bonchev–Trinajstić information content (AvgIpc) is 2.39. The molecular weight excluding hydrogens is 305 g/mol. The van der Waals surface area contributed by atoms with Crippen molar-refractivity contribution in [1.29, 1.82) is 0 Å². The Bertz CT molecular complexity index is 495. The molecule has 0 radical (unpaired) electrons. The van der Waals surface area contributed by atoms with E-state index >= 15 is 0 Å². The second kappa shape index (κ2) is 7.56. The van der Waals surface area contributed by atoms with Gasteiger partial charge in [-0.3, -0.25) is 4.79 Å². The average molecular weight is 322 g/mol. The second-order valence-electron chi connectivity index (χ2n) is 4.29. The molecule has 3 N–H and O–H groups in total. The highest BCUT2D eigenvalue weighted by Crippen LogP contribution is 2.35. The second-order valence-corrected chi connectivity index (χ2v) is 5.68. The van der Waals surface area contributed by atoms with E-state index in [4.69, 9.17) is 10.5 Å². The minimum atomic E-state index is -4.43. The molecule has 8 heteroatoms. The quantitative estimate of drug-likeness (QED) is 0.480. The summed E-state index contributed by atoms with van der Waals surface area (Å²) < 4.78 is 42.4. The van der Waals surface area contributed by atoms with Crippen molar-refractivity contribution in [2.45, 2.75) is 23.2 Å². The molecule has 0 aromatic heterocycles. The highest BCUT2D eigenvalue weighted by Gasteiger charge is 2.31. The maximum absolute atomic E-state index is 12.5. The van der Waals surface area contributed by atoms with E-state index in [9.17, 15) is 18.0 Å². The van der Waals surface area contributed by atoms with Crippen molar-refractivity contribution < 1.29 is 22.7 Å². The van der Waals surface area contributed by atoms with Crippen LogP contribution in [0.5, 0.6) is 0 Å². The lowest BCUT2D eigenvalue weighted by molar-refractivity contribution is -0.137. The number of anilines is 1. The van der Waals surface area contributed by atoms with Crippen molar-refractivity contribution in [3.8, 4) is 0 Å². The molecule has 21 heavy (non-hydrogen) atoms. The Kier molecular flexibility index (Phi) is 6.35. The summed E-state index contributed by atoms with van der Waals surface area (Å²) in [5, 5.41) is 2.18. The number of nitrogens with one attached hydrogen (secondary N) is 1. The summed E-state index contributed by atoms with van der Waals surface area (Å²) in [4.78, 5) is 12.2. The van der Waals surface area contributed by atoms with Crippen LogP contribution >= 0.6 is 11.8 Å². The van der Waals surface area contributed by atoms with Crippen molar-refractivity contribution in [2.75, 3.05) is 26.0 Å². The predicted octanol–water partition coefficient (Wildman–Crippen LogP) is 2.53. The summed E-state index contributed by atoms with van der Waals surface area (Å²) in [5.41, 5.74) is 4.82. The number of nitrogens with two attached hydrogens (primary N) is 1. The van der Waals surface area contributed by atoms with E-state index in [1.165, 1.54) is 13.2 Å². The van der Waals surface area contributed by atoms with Gasteiger partial charge >= 0.3 is 6.18 Å². The van der Waals surface area contributed by atoms with Gasteiger partial charge in [0, 0.05) is 24.2 Å². The van der Waals surface area contributed by atoms with Crippen molar-refractivity contribution in [2.24, 2.45) is 0 Å². The number of carbonyl (C=O) groups excluding carboxylic acids is 1. The molecule has 118 valence electrons. The molecule has 0 saturated carbocycles. The number of hydrogen-bond donors (Lipinski definition) is 2. The van der Waals surface area contributed by atoms with Crippen LogP contribution in [0.2, 0.25) is 0 Å². The minimum Gasteiger partial charge on any atom is -0.398 e. The topological polar surface area (TPSA) is 64.3 Å². The Labute approximate surface area is 125 Å². The van der Waals surface area contributed by atoms with Crippen LogP contribution in [0.4, 0.5) is 18.9 Å². The molecule has 4 nitrogen and oxygen atoms in total. The third-order valence-electron chi connectivity index (χ3n) is 2.62. The zero-order valence-corrected chi connectivity index (χ0v) is 12.5. The smallest absolute Gasteiger partial charge is 0.398 e. The van der Waals surface area contributed by atoms with E-state index in [1.807, 2.05) is 0 Å².